The lowest BCUT2D eigenvalue weighted by Gasteiger charge is -2.32. The zero-order valence-electron chi connectivity index (χ0n) is 16.2. The number of hydrogen-bond acceptors (Lipinski definition) is 3. The molecule has 2 rings (SSSR count). The molecule has 1 aliphatic rings. The molecule has 1 aromatic rings. The number of rotatable bonds is 6. The second-order valence-electron chi connectivity index (χ2n) is 7.71. The van der Waals surface area contributed by atoms with Crippen molar-refractivity contribution in [2.75, 3.05) is 6.61 Å². The fraction of sp³-hybridized carbons (Fsp3) is 0.579. The first-order valence-electron chi connectivity index (χ1n) is 8.76. The second-order valence-corrected chi connectivity index (χ2v) is 7.71. The molecule has 1 heterocycles. The van der Waals surface area contributed by atoms with Gasteiger partial charge < -0.3 is 14.0 Å². The molecule has 144 valence electrons. The summed E-state index contributed by atoms with van der Waals surface area (Å²) in [6.45, 7) is 11.0. The molecule has 0 N–H and O–H groups in total. The van der Waals surface area contributed by atoms with Gasteiger partial charge in [0.2, 0.25) is 0 Å². The summed E-state index contributed by atoms with van der Waals surface area (Å²) in [6, 6.07) is 2.95. The van der Waals surface area contributed by atoms with Crippen LogP contribution in [-0.4, -0.2) is 31.0 Å². The van der Waals surface area contributed by atoms with Crippen LogP contribution in [0.3, 0.4) is 0 Å². The van der Waals surface area contributed by atoms with Gasteiger partial charge in [0, 0.05) is 5.56 Å². The summed E-state index contributed by atoms with van der Waals surface area (Å²) in [4.78, 5) is 0. The van der Waals surface area contributed by atoms with Crippen LogP contribution >= 0.6 is 0 Å². The molecule has 0 aliphatic carbocycles. The Labute approximate surface area is 153 Å². The lowest BCUT2D eigenvalue weighted by Crippen LogP contribution is -2.41. The van der Waals surface area contributed by atoms with Crippen LogP contribution in [0.5, 0.6) is 0 Å². The third-order valence-corrected chi connectivity index (χ3v) is 4.81. The van der Waals surface area contributed by atoms with Crippen LogP contribution in [0.1, 0.15) is 53.5 Å². The maximum atomic E-state index is 15.3. The lowest BCUT2D eigenvalue weighted by atomic mass is 9.81. The van der Waals surface area contributed by atoms with E-state index in [0.29, 0.717) is 0 Å². The highest BCUT2D eigenvalue weighted by Gasteiger charge is 2.53. The minimum atomic E-state index is -1.28. The topological polar surface area (TPSA) is 27.7 Å². The molecule has 0 bridgehead atoms. The minimum Gasteiger partial charge on any atom is -0.398 e. The summed E-state index contributed by atoms with van der Waals surface area (Å²) >= 11 is 0. The van der Waals surface area contributed by atoms with Gasteiger partial charge in [-0.3, -0.25) is 0 Å². The summed E-state index contributed by atoms with van der Waals surface area (Å²) < 4.78 is 60.1. The highest BCUT2D eigenvalue weighted by atomic mass is 19.1. The Morgan fingerprint density at radius 3 is 2.23 bits per heavy atom. The highest BCUT2D eigenvalue weighted by molar-refractivity contribution is 6.55. The molecule has 0 atom stereocenters. The van der Waals surface area contributed by atoms with Crippen molar-refractivity contribution in [1.29, 1.82) is 0 Å². The third-order valence-electron chi connectivity index (χ3n) is 4.81. The average molecular weight is 370 g/mol. The fourth-order valence-electron chi connectivity index (χ4n) is 2.60. The Hall–Kier alpha value is -1.31. The molecule has 0 radical (unpaired) electrons. The highest BCUT2D eigenvalue weighted by Crippen LogP contribution is 2.41. The van der Waals surface area contributed by atoms with Gasteiger partial charge in [0.05, 0.1) is 23.9 Å². The SMILES string of the molecule is CC(C)OCCC(=C(F)B1OC(C)(C)C(C)(C)O1)c1cc(F)ccc1F. The van der Waals surface area contributed by atoms with E-state index in [9.17, 15) is 8.78 Å². The van der Waals surface area contributed by atoms with Gasteiger partial charge in [-0.15, -0.1) is 0 Å². The van der Waals surface area contributed by atoms with Gasteiger partial charge in [-0.2, -0.15) is 0 Å². The number of benzene rings is 1. The molecule has 7 heteroatoms. The van der Waals surface area contributed by atoms with Crippen LogP contribution in [0.4, 0.5) is 13.2 Å². The van der Waals surface area contributed by atoms with Crippen molar-refractivity contribution in [2.24, 2.45) is 0 Å². The number of halogens is 3. The quantitative estimate of drug-likeness (QED) is 0.653. The van der Waals surface area contributed by atoms with E-state index in [1.54, 1.807) is 27.7 Å². The Bertz CT molecular complexity index is 671. The van der Waals surface area contributed by atoms with Gasteiger partial charge in [-0.1, -0.05) is 0 Å². The van der Waals surface area contributed by atoms with Crippen LogP contribution in [0.2, 0.25) is 0 Å². The maximum Gasteiger partial charge on any atom is 0.525 e. The number of hydrogen-bond donors (Lipinski definition) is 0. The molecule has 1 aliphatic heterocycles. The monoisotopic (exact) mass is 370 g/mol. The van der Waals surface area contributed by atoms with Crippen molar-refractivity contribution in [1.82, 2.24) is 0 Å². The van der Waals surface area contributed by atoms with Crippen molar-refractivity contribution in [3.63, 3.8) is 0 Å². The Morgan fingerprint density at radius 2 is 1.69 bits per heavy atom. The largest absolute Gasteiger partial charge is 0.525 e. The maximum absolute atomic E-state index is 15.3. The van der Waals surface area contributed by atoms with Crippen LogP contribution in [0, 0.1) is 11.6 Å². The first kappa shape index (κ1) is 21.0. The third kappa shape index (κ3) is 4.50. The Kier molecular flexibility index (Phi) is 6.26. The smallest absolute Gasteiger partial charge is 0.398 e. The molecule has 3 nitrogen and oxygen atoms in total. The molecule has 1 saturated heterocycles. The van der Waals surface area contributed by atoms with Gasteiger partial charge in [0.1, 0.15) is 17.4 Å². The van der Waals surface area contributed by atoms with E-state index in [0.717, 1.165) is 18.2 Å². The molecule has 0 aromatic heterocycles. The number of ether oxygens (including phenoxy) is 1. The van der Waals surface area contributed by atoms with Crippen LogP contribution in [-0.2, 0) is 14.0 Å². The fourth-order valence-corrected chi connectivity index (χ4v) is 2.60. The van der Waals surface area contributed by atoms with Gasteiger partial charge in [-0.25, -0.2) is 13.2 Å². The van der Waals surface area contributed by atoms with E-state index in [2.05, 4.69) is 0 Å². The zero-order valence-corrected chi connectivity index (χ0v) is 16.2. The predicted octanol–water partition coefficient (Wildman–Crippen LogP) is 5.09. The van der Waals surface area contributed by atoms with Crippen molar-refractivity contribution in [3.05, 3.63) is 41.1 Å². The van der Waals surface area contributed by atoms with Crippen molar-refractivity contribution in [3.8, 4) is 0 Å². The van der Waals surface area contributed by atoms with Crippen LogP contribution in [0.25, 0.3) is 5.57 Å². The normalized spacial score (nSPS) is 19.8. The molecule has 1 aromatic carbocycles. The standard InChI is InChI=1S/C19H26BF3O3/c1-12(2)24-10-9-14(15-11-13(21)7-8-16(15)22)17(23)20-25-18(3,4)19(5,6)26-20/h7-8,11-12H,9-10H2,1-6H3. The minimum absolute atomic E-state index is 0.0128. The van der Waals surface area contributed by atoms with Gasteiger partial charge >= 0.3 is 7.12 Å². The predicted molar refractivity (Wildman–Crippen MR) is 96.2 cm³/mol. The summed E-state index contributed by atoms with van der Waals surface area (Å²) in [5, 5.41) is 0. The van der Waals surface area contributed by atoms with Crippen molar-refractivity contribution >= 4 is 12.7 Å². The summed E-state index contributed by atoms with van der Waals surface area (Å²) in [5.74, 6) is -1.36. The Balaban J connectivity index is 2.42. The van der Waals surface area contributed by atoms with Crippen molar-refractivity contribution in [2.45, 2.75) is 65.3 Å². The molecular formula is C19H26BF3O3. The molecule has 0 unspecified atom stereocenters. The first-order valence-corrected chi connectivity index (χ1v) is 8.76. The molecule has 1 fully saturated rings. The van der Waals surface area contributed by atoms with Gasteiger partial charge in [0.15, 0.2) is 0 Å². The van der Waals surface area contributed by atoms with Crippen LogP contribution < -0.4 is 0 Å². The summed E-state index contributed by atoms with van der Waals surface area (Å²) in [6.07, 6.45) is 0.00239. The van der Waals surface area contributed by atoms with E-state index in [4.69, 9.17) is 14.0 Å². The van der Waals surface area contributed by atoms with Crippen LogP contribution in [0.15, 0.2) is 23.9 Å². The summed E-state index contributed by atoms with van der Waals surface area (Å²) in [7, 11) is -1.28. The Morgan fingerprint density at radius 1 is 1.12 bits per heavy atom. The van der Waals surface area contributed by atoms with E-state index in [1.807, 2.05) is 13.8 Å². The van der Waals surface area contributed by atoms with Gasteiger partial charge in [0.25, 0.3) is 0 Å². The lowest BCUT2D eigenvalue weighted by molar-refractivity contribution is 0.00578. The van der Waals surface area contributed by atoms with E-state index < -0.39 is 35.7 Å². The molecule has 0 amide bonds. The molecule has 0 spiro atoms. The van der Waals surface area contributed by atoms with Crippen molar-refractivity contribution < 1.29 is 27.2 Å². The van der Waals surface area contributed by atoms with E-state index >= 15 is 4.39 Å². The van der Waals surface area contributed by atoms with Gasteiger partial charge in [-0.05, 0) is 71.7 Å². The van der Waals surface area contributed by atoms with E-state index in [-0.39, 0.29) is 30.3 Å². The first-order chi connectivity index (χ1) is 11.9. The molecule has 26 heavy (non-hydrogen) atoms. The summed E-state index contributed by atoms with van der Waals surface area (Å²) in [5.41, 5.74) is -2.41. The second kappa shape index (κ2) is 7.75. The molecule has 0 saturated carbocycles. The zero-order chi connectivity index (χ0) is 19.7. The average Bonchev–Trinajstić information content (AvgIpc) is 2.74. The van der Waals surface area contributed by atoms with E-state index in [1.165, 1.54) is 0 Å². The molecular weight excluding hydrogens is 344 g/mol.